The summed E-state index contributed by atoms with van der Waals surface area (Å²) in [7, 11) is 4.02. The van der Waals surface area contributed by atoms with Crippen LogP contribution in [0.25, 0.3) is 0 Å². The fraction of sp³-hybridized carbons (Fsp3) is 0.846. The summed E-state index contributed by atoms with van der Waals surface area (Å²) in [5.41, 5.74) is 0. The van der Waals surface area contributed by atoms with Gasteiger partial charge in [-0.1, -0.05) is 20.8 Å². The summed E-state index contributed by atoms with van der Waals surface area (Å²) in [6.45, 7) is 6.84. The first-order valence-electron chi connectivity index (χ1n) is 6.43. The Balaban J connectivity index is 2.67. The number of aliphatic carboxylic acids is 1. The molecule has 4 atom stereocenters. The Kier molecular flexibility index (Phi) is 4.73. The monoisotopic (exact) mass is 256 g/mol. The van der Waals surface area contributed by atoms with Crippen LogP contribution in [0.5, 0.6) is 0 Å². The van der Waals surface area contributed by atoms with Crippen LogP contribution in [0, 0.1) is 17.8 Å². The molecule has 0 spiro atoms. The van der Waals surface area contributed by atoms with Crippen LogP contribution in [0.4, 0.5) is 0 Å². The molecule has 4 unspecified atom stereocenters. The van der Waals surface area contributed by atoms with Gasteiger partial charge in [-0.3, -0.25) is 9.59 Å². The van der Waals surface area contributed by atoms with E-state index in [1.165, 1.54) is 0 Å². The third-order valence-corrected chi connectivity index (χ3v) is 4.08. The molecule has 0 radical (unpaired) electrons. The molecule has 104 valence electrons. The number of likely N-dealkylation sites (N-methyl/N-ethyl adjacent to an activating group) is 1. The highest BCUT2D eigenvalue weighted by Gasteiger charge is 2.37. The van der Waals surface area contributed by atoms with Gasteiger partial charge in [0.2, 0.25) is 5.91 Å². The summed E-state index contributed by atoms with van der Waals surface area (Å²) in [4.78, 5) is 27.1. The fourth-order valence-corrected chi connectivity index (χ4v) is 2.52. The molecule has 5 heteroatoms. The SMILES string of the molecule is CC1CN(C(=O)C(C)C(C)C(=O)O)CC1N(C)C. The van der Waals surface area contributed by atoms with Crippen molar-refractivity contribution >= 4 is 11.9 Å². The number of carbonyl (C=O) groups is 2. The predicted octanol–water partition coefficient (Wildman–Crippen LogP) is 0.752. The highest BCUT2D eigenvalue weighted by Crippen LogP contribution is 2.23. The molecule has 18 heavy (non-hydrogen) atoms. The summed E-state index contributed by atoms with van der Waals surface area (Å²) in [6, 6.07) is 0.362. The molecule has 0 aliphatic carbocycles. The van der Waals surface area contributed by atoms with Crippen molar-refractivity contribution in [2.75, 3.05) is 27.2 Å². The number of carboxylic acids is 1. The number of rotatable bonds is 4. The minimum atomic E-state index is -0.910. The standard InChI is InChI=1S/C13H24N2O3/c1-8-6-15(7-11(8)14(4)5)12(16)9(2)10(3)13(17)18/h8-11H,6-7H2,1-5H3,(H,17,18). The first kappa shape index (κ1) is 15.0. The van der Waals surface area contributed by atoms with Crippen LogP contribution < -0.4 is 0 Å². The molecule has 0 saturated carbocycles. The zero-order valence-electron chi connectivity index (χ0n) is 11.9. The van der Waals surface area contributed by atoms with Crippen LogP contribution in [-0.4, -0.2) is 60.0 Å². The van der Waals surface area contributed by atoms with Crippen molar-refractivity contribution in [3.05, 3.63) is 0 Å². The van der Waals surface area contributed by atoms with Gasteiger partial charge in [0.1, 0.15) is 0 Å². The minimum absolute atomic E-state index is 0.0406. The third kappa shape index (κ3) is 3.02. The van der Waals surface area contributed by atoms with Gasteiger partial charge in [-0.15, -0.1) is 0 Å². The average molecular weight is 256 g/mol. The Morgan fingerprint density at radius 1 is 1.22 bits per heavy atom. The van der Waals surface area contributed by atoms with Crippen LogP contribution >= 0.6 is 0 Å². The van der Waals surface area contributed by atoms with E-state index in [0.29, 0.717) is 18.5 Å². The molecule has 0 aromatic rings. The quantitative estimate of drug-likeness (QED) is 0.806. The maximum Gasteiger partial charge on any atom is 0.307 e. The minimum Gasteiger partial charge on any atom is -0.481 e. The average Bonchev–Trinajstić information content (AvgIpc) is 2.68. The number of carbonyl (C=O) groups excluding carboxylic acids is 1. The summed E-state index contributed by atoms with van der Waals surface area (Å²) >= 11 is 0. The van der Waals surface area contributed by atoms with E-state index in [2.05, 4.69) is 11.8 Å². The number of amides is 1. The van der Waals surface area contributed by atoms with Crippen molar-refractivity contribution in [2.24, 2.45) is 17.8 Å². The molecule has 1 heterocycles. The highest BCUT2D eigenvalue weighted by atomic mass is 16.4. The van der Waals surface area contributed by atoms with Gasteiger partial charge in [0.15, 0.2) is 0 Å². The lowest BCUT2D eigenvalue weighted by Crippen LogP contribution is -2.40. The summed E-state index contributed by atoms with van der Waals surface area (Å²) in [6.07, 6.45) is 0. The fourth-order valence-electron chi connectivity index (χ4n) is 2.52. The van der Waals surface area contributed by atoms with E-state index in [9.17, 15) is 9.59 Å². The second kappa shape index (κ2) is 5.69. The normalized spacial score (nSPS) is 27.3. The van der Waals surface area contributed by atoms with Crippen LogP contribution in [0.1, 0.15) is 20.8 Å². The van der Waals surface area contributed by atoms with Crippen molar-refractivity contribution in [2.45, 2.75) is 26.8 Å². The Morgan fingerprint density at radius 2 is 1.78 bits per heavy atom. The van der Waals surface area contributed by atoms with Gasteiger partial charge in [-0.05, 0) is 20.0 Å². The second-order valence-electron chi connectivity index (χ2n) is 5.67. The molecule has 0 aromatic carbocycles. The number of carboxylic acid groups (broad SMARTS) is 1. The summed E-state index contributed by atoms with van der Waals surface area (Å²) < 4.78 is 0. The van der Waals surface area contributed by atoms with Crippen LogP contribution in [0.2, 0.25) is 0 Å². The van der Waals surface area contributed by atoms with Crippen LogP contribution in [0.3, 0.4) is 0 Å². The molecule has 1 fully saturated rings. The van der Waals surface area contributed by atoms with Gasteiger partial charge in [-0.2, -0.15) is 0 Å². The van der Waals surface area contributed by atoms with Gasteiger partial charge in [0.05, 0.1) is 5.92 Å². The zero-order valence-corrected chi connectivity index (χ0v) is 11.9. The van der Waals surface area contributed by atoms with E-state index >= 15 is 0 Å². The molecule has 1 amide bonds. The van der Waals surface area contributed by atoms with Gasteiger partial charge in [0.25, 0.3) is 0 Å². The number of hydrogen-bond donors (Lipinski definition) is 1. The Bertz CT molecular complexity index is 330. The number of nitrogens with zero attached hydrogens (tertiary/aromatic N) is 2. The summed E-state index contributed by atoms with van der Waals surface area (Å²) in [5.74, 6) is -1.62. The molecule has 1 aliphatic heterocycles. The molecule has 0 bridgehead atoms. The van der Waals surface area contributed by atoms with Crippen molar-refractivity contribution in [3.8, 4) is 0 Å². The smallest absolute Gasteiger partial charge is 0.307 e. The molecular weight excluding hydrogens is 232 g/mol. The largest absolute Gasteiger partial charge is 0.481 e. The van der Waals surface area contributed by atoms with E-state index in [4.69, 9.17) is 5.11 Å². The zero-order chi connectivity index (χ0) is 14.0. The van der Waals surface area contributed by atoms with Crippen LogP contribution in [0.15, 0.2) is 0 Å². The Hall–Kier alpha value is -1.10. The lowest BCUT2D eigenvalue weighted by molar-refractivity contribution is -0.148. The molecular formula is C13H24N2O3. The second-order valence-corrected chi connectivity index (χ2v) is 5.67. The van der Waals surface area contributed by atoms with Gasteiger partial charge >= 0.3 is 5.97 Å². The van der Waals surface area contributed by atoms with Crippen molar-refractivity contribution in [1.29, 1.82) is 0 Å². The van der Waals surface area contributed by atoms with Crippen molar-refractivity contribution in [1.82, 2.24) is 9.80 Å². The molecule has 0 aromatic heterocycles. The van der Waals surface area contributed by atoms with E-state index < -0.39 is 17.8 Å². The van der Waals surface area contributed by atoms with Crippen molar-refractivity contribution < 1.29 is 14.7 Å². The Labute approximate surface area is 109 Å². The molecule has 1 N–H and O–H groups in total. The van der Waals surface area contributed by atoms with Gasteiger partial charge < -0.3 is 14.9 Å². The maximum atomic E-state index is 12.2. The predicted molar refractivity (Wildman–Crippen MR) is 69.2 cm³/mol. The summed E-state index contributed by atoms with van der Waals surface area (Å²) in [5, 5.41) is 8.96. The maximum absolute atomic E-state index is 12.2. The van der Waals surface area contributed by atoms with Gasteiger partial charge in [-0.25, -0.2) is 0 Å². The molecule has 1 saturated heterocycles. The lowest BCUT2D eigenvalue weighted by atomic mass is 9.95. The first-order chi connectivity index (χ1) is 8.25. The molecule has 1 aliphatic rings. The van der Waals surface area contributed by atoms with Gasteiger partial charge in [0, 0.05) is 25.0 Å². The number of likely N-dealkylation sites (tertiary alicyclic amines) is 1. The van der Waals surface area contributed by atoms with E-state index in [-0.39, 0.29) is 5.91 Å². The topological polar surface area (TPSA) is 60.9 Å². The van der Waals surface area contributed by atoms with Crippen LogP contribution in [-0.2, 0) is 9.59 Å². The molecule has 5 nitrogen and oxygen atoms in total. The third-order valence-electron chi connectivity index (χ3n) is 4.08. The van der Waals surface area contributed by atoms with E-state index in [1.54, 1.807) is 18.7 Å². The van der Waals surface area contributed by atoms with E-state index in [1.807, 2.05) is 14.1 Å². The lowest BCUT2D eigenvalue weighted by Gasteiger charge is -2.24. The molecule has 1 rings (SSSR count). The Morgan fingerprint density at radius 3 is 2.17 bits per heavy atom. The first-order valence-corrected chi connectivity index (χ1v) is 6.43. The van der Waals surface area contributed by atoms with Crippen molar-refractivity contribution in [3.63, 3.8) is 0 Å². The highest BCUT2D eigenvalue weighted by molar-refractivity contribution is 5.84. The number of hydrogen-bond acceptors (Lipinski definition) is 3. The van der Waals surface area contributed by atoms with E-state index in [0.717, 1.165) is 6.54 Å².